The molecular formula is C15H12N4O2. The van der Waals surface area contributed by atoms with Crippen molar-refractivity contribution in [3.05, 3.63) is 60.0 Å². The summed E-state index contributed by atoms with van der Waals surface area (Å²) < 4.78 is 1.53. The van der Waals surface area contributed by atoms with Crippen molar-refractivity contribution in [1.82, 2.24) is 14.6 Å². The van der Waals surface area contributed by atoms with E-state index in [0.717, 1.165) is 0 Å². The van der Waals surface area contributed by atoms with Crippen LogP contribution in [0.25, 0.3) is 5.65 Å². The molecule has 0 fully saturated rings. The van der Waals surface area contributed by atoms with Crippen LogP contribution in [0.15, 0.2) is 48.9 Å². The molecule has 6 nitrogen and oxygen atoms in total. The monoisotopic (exact) mass is 280 g/mol. The first-order valence-corrected chi connectivity index (χ1v) is 6.36. The summed E-state index contributed by atoms with van der Waals surface area (Å²) in [5.41, 5.74) is 1.97. The van der Waals surface area contributed by atoms with Gasteiger partial charge in [0, 0.05) is 23.6 Å². The zero-order valence-corrected chi connectivity index (χ0v) is 11.3. The van der Waals surface area contributed by atoms with Crippen molar-refractivity contribution >= 4 is 23.0 Å². The van der Waals surface area contributed by atoms with Crippen LogP contribution in [0.3, 0.4) is 0 Å². The highest BCUT2D eigenvalue weighted by molar-refractivity contribution is 6.08. The zero-order valence-electron chi connectivity index (χ0n) is 11.3. The average molecular weight is 280 g/mol. The van der Waals surface area contributed by atoms with Crippen molar-refractivity contribution in [2.75, 3.05) is 5.32 Å². The average Bonchev–Trinajstić information content (AvgIpc) is 2.91. The highest BCUT2D eigenvalue weighted by Gasteiger charge is 2.14. The van der Waals surface area contributed by atoms with Gasteiger partial charge < -0.3 is 5.32 Å². The van der Waals surface area contributed by atoms with E-state index in [1.165, 1.54) is 17.6 Å². The van der Waals surface area contributed by atoms with E-state index in [1.54, 1.807) is 42.7 Å². The van der Waals surface area contributed by atoms with Gasteiger partial charge in [-0.1, -0.05) is 12.1 Å². The van der Waals surface area contributed by atoms with E-state index in [-0.39, 0.29) is 11.7 Å². The van der Waals surface area contributed by atoms with Crippen LogP contribution in [0.5, 0.6) is 0 Å². The Bertz CT molecular complexity index is 838. The molecular weight excluding hydrogens is 268 g/mol. The second-order valence-electron chi connectivity index (χ2n) is 4.54. The van der Waals surface area contributed by atoms with Crippen LogP contribution in [-0.4, -0.2) is 26.3 Å². The molecule has 0 atom stereocenters. The largest absolute Gasteiger partial charge is 0.322 e. The van der Waals surface area contributed by atoms with Crippen molar-refractivity contribution in [3.8, 4) is 0 Å². The third-order valence-corrected chi connectivity index (χ3v) is 3.05. The summed E-state index contributed by atoms with van der Waals surface area (Å²) >= 11 is 0. The van der Waals surface area contributed by atoms with E-state index in [1.807, 2.05) is 0 Å². The second-order valence-corrected chi connectivity index (χ2v) is 4.54. The van der Waals surface area contributed by atoms with Gasteiger partial charge in [-0.25, -0.2) is 9.50 Å². The van der Waals surface area contributed by atoms with Gasteiger partial charge in [0.15, 0.2) is 11.4 Å². The Morgan fingerprint density at radius 3 is 2.90 bits per heavy atom. The number of amides is 1. The molecule has 2 aromatic heterocycles. The molecule has 0 radical (unpaired) electrons. The van der Waals surface area contributed by atoms with Gasteiger partial charge in [-0.3, -0.25) is 9.59 Å². The summed E-state index contributed by atoms with van der Waals surface area (Å²) in [6, 6.07) is 8.52. The van der Waals surface area contributed by atoms with Crippen LogP contribution in [0.2, 0.25) is 0 Å². The van der Waals surface area contributed by atoms with Crippen LogP contribution in [-0.2, 0) is 0 Å². The highest BCUT2D eigenvalue weighted by atomic mass is 16.1. The SMILES string of the molecule is CC(=O)c1cccc(NC(=O)c2cnn3cccnc23)c1. The number of anilines is 1. The molecule has 0 spiro atoms. The zero-order chi connectivity index (χ0) is 14.8. The van der Waals surface area contributed by atoms with Gasteiger partial charge in [0.1, 0.15) is 5.56 Å². The molecule has 0 saturated heterocycles. The Morgan fingerprint density at radius 1 is 1.24 bits per heavy atom. The third kappa shape index (κ3) is 2.51. The lowest BCUT2D eigenvalue weighted by atomic mass is 10.1. The van der Waals surface area contributed by atoms with Crippen molar-refractivity contribution in [1.29, 1.82) is 0 Å². The quantitative estimate of drug-likeness (QED) is 0.746. The Balaban J connectivity index is 1.90. The van der Waals surface area contributed by atoms with Gasteiger partial charge in [-0.2, -0.15) is 5.10 Å². The number of benzene rings is 1. The maximum atomic E-state index is 12.3. The maximum absolute atomic E-state index is 12.3. The number of hydrogen-bond acceptors (Lipinski definition) is 4. The number of carbonyl (C=O) groups is 2. The topological polar surface area (TPSA) is 76.4 Å². The number of hydrogen-bond donors (Lipinski definition) is 1. The van der Waals surface area contributed by atoms with Gasteiger partial charge in [0.2, 0.25) is 0 Å². The Hall–Kier alpha value is -3.02. The summed E-state index contributed by atoms with van der Waals surface area (Å²) in [5.74, 6) is -0.367. The van der Waals surface area contributed by atoms with E-state index in [2.05, 4.69) is 15.4 Å². The molecule has 0 bridgehead atoms. The third-order valence-electron chi connectivity index (χ3n) is 3.05. The molecule has 0 unspecified atom stereocenters. The number of aromatic nitrogens is 3. The van der Waals surface area contributed by atoms with E-state index in [4.69, 9.17) is 0 Å². The Kier molecular flexibility index (Phi) is 3.19. The molecule has 1 N–H and O–H groups in total. The van der Waals surface area contributed by atoms with Crippen molar-refractivity contribution in [3.63, 3.8) is 0 Å². The first-order valence-electron chi connectivity index (χ1n) is 6.36. The molecule has 2 heterocycles. The molecule has 6 heteroatoms. The minimum Gasteiger partial charge on any atom is -0.322 e. The maximum Gasteiger partial charge on any atom is 0.261 e. The smallest absolute Gasteiger partial charge is 0.261 e. The van der Waals surface area contributed by atoms with Crippen molar-refractivity contribution in [2.24, 2.45) is 0 Å². The molecule has 1 aromatic carbocycles. The molecule has 0 aliphatic rings. The Morgan fingerprint density at radius 2 is 2.10 bits per heavy atom. The van der Waals surface area contributed by atoms with E-state index >= 15 is 0 Å². The predicted octanol–water partition coefficient (Wildman–Crippen LogP) is 2.18. The number of nitrogens with one attached hydrogen (secondary N) is 1. The van der Waals surface area contributed by atoms with Gasteiger partial charge in [0.25, 0.3) is 5.91 Å². The lowest BCUT2D eigenvalue weighted by Gasteiger charge is -2.05. The molecule has 1 amide bonds. The van der Waals surface area contributed by atoms with Gasteiger partial charge in [-0.15, -0.1) is 0 Å². The van der Waals surface area contributed by atoms with E-state index < -0.39 is 0 Å². The van der Waals surface area contributed by atoms with Crippen LogP contribution in [0, 0.1) is 0 Å². The van der Waals surface area contributed by atoms with Crippen LogP contribution in [0.1, 0.15) is 27.6 Å². The molecule has 104 valence electrons. The lowest BCUT2D eigenvalue weighted by Crippen LogP contribution is -2.12. The number of ketones is 1. The number of Topliss-reactive ketones (excluding diaryl/α,β-unsaturated/α-hetero) is 1. The first-order chi connectivity index (χ1) is 10.1. The minimum absolute atomic E-state index is 0.0521. The number of rotatable bonds is 3. The number of fused-ring (bicyclic) bond motifs is 1. The van der Waals surface area contributed by atoms with Gasteiger partial charge in [-0.05, 0) is 25.1 Å². The van der Waals surface area contributed by atoms with E-state index in [0.29, 0.717) is 22.5 Å². The fraction of sp³-hybridized carbons (Fsp3) is 0.0667. The summed E-state index contributed by atoms with van der Waals surface area (Å²) in [6.45, 7) is 1.48. The van der Waals surface area contributed by atoms with Crippen LogP contribution in [0.4, 0.5) is 5.69 Å². The minimum atomic E-state index is -0.315. The fourth-order valence-electron chi connectivity index (χ4n) is 2.00. The lowest BCUT2D eigenvalue weighted by molar-refractivity contribution is 0.101. The molecule has 0 saturated carbocycles. The summed E-state index contributed by atoms with van der Waals surface area (Å²) in [4.78, 5) is 27.8. The molecule has 3 rings (SSSR count). The van der Waals surface area contributed by atoms with Crippen LogP contribution < -0.4 is 5.32 Å². The highest BCUT2D eigenvalue weighted by Crippen LogP contribution is 2.14. The first kappa shape index (κ1) is 13.0. The summed E-state index contributed by atoms with van der Waals surface area (Å²) in [6.07, 6.45) is 4.78. The van der Waals surface area contributed by atoms with Crippen molar-refractivity contribution in [2.45, 2.75) is 6.92 Å². The van der Waals surface area contributed by atoms with Crippen LogP contribution >= 0.6 is 0 Å². The molecule has 0 aliphatic heterocycles. The number of nitrogens with zero attached hydrogens (tertiary/aromatic N) is 3. The van der Waals surface area contributed by atoms with Gasteiger partial charge >= 0.3 is 0 Å². The summed E-state index contributed by atoms with van der Waals surface area (Å²) in [5, 5.41) is 6.81. The molecule has 3 aromatic rings. The normalized spacial score (nSPS) is 10.5. The summed E-state index contributed by atoms with van der Waals surface area (Å²) in [7, 11) is 0. The second kappa shape index (κ2) is 5.16. The molecule has 0 aliphatic carbocycles. The van der Waals surface area contributed by atoms with Gasteiger partial charge in [0.05, 0.1) is 6.20 Å². The predicted molar refractivity (Wildman–Crippen MR) is 77.4 cm³/mol. The van der Waals surface area contributed by atoms with E-state index in [9.17, 15) is 9.59 Å². The van der Waals surface area contributed by atoms with Crippen molar-refractivity contribution < 1.29 is 9.59 Å². The molecule has 21 heavy (non-hydrogen) atoms. The number of carbonyl (C=O) groups excluding carboxylic acids is 2. The fourth-order valence-corrected chi connectivity index (χ4v) is 2.00. The standard InChI is InChI=1S/C15H12N4O2/c1-10(20)11-4-2-5-12(8-11)18-15(21)13-9-17-19-7-3-6-16-14(13)19/h2-9H,1H3,(H,18,21). The Labute approximate surface area is 120 Å².